The van der Waals surface area contributed by atoms with Gasteiger partial charge in [-0.15, -0.1) is 5.06 Å². The highest BCUT2D eigenvalue weighted by molar-refractivity contribution is 6.10. The summed E-state index contributed by atoms with van der Waals surface area (Å²) in [5, 5.41) is 2.42. The fourth-order valence-corrected chi connectivity index (χ4v) is 4.55. The number of hydrogen-bond acceptors (Lipinski definition) is 4. The number of hydrogen-bond donors (Lipinski definition) is 1. The molecule has 3 heterocycles. The topological polar surface area (TPSA) is 67.3 Å². The molecule has 5 rings (SSSR count). The van der Waals surface area contributed by atoms with E-state index < -0.39 is 12.0 Å². The van der Waals surface area contributed by atoms with E-state index in [2.05, 4.69) is 41.6 Å². The first-order chi connectivity index (χ1) is 15.5. The number of nitrogens with one attached hydrogen (secondary N) is 1. The number of Topliss-reactive ketones (excluding diaryl/α,β-unsaturated/α-hetero) is 1. The average molecular weight is 428 g/mol. The quantitative estimate of drug-likeness (QED) is 0.456. The van der Waals surface area contributed by atoms with Crippen LogP contribution in [0.1, 0.15) is 44.9 Å². The molecule has 1 aliphatic rings. The van der Waals surface area contributed by atoms with Gasteiger partial charge in [-0.05, 0) is 69.2 Å². The maximum absolute atomic E-state index is 13.5. The highest BCUT2D eigenvalue weighted by Gasteiger charge is 2.35. The predicted molar refractivity (Wildman–Crippen MR) is 123 cm³/mol. The minimum absolute atomic E-state index is 0.0345. The van der Waals surface area contributed by atoms with Crippen LogP contribution in [0.5, 0.6) is 0 Å². The van der Waals surface area contributed by atoms with Crippen LogP contribution in [0.25, 0.3) is 16.6 Å². The molecule has 32 heavy (non-hydrogen) atoms. The van der Waals surface area contributed by atoms with Crippen molar-refractivity contribution in [3.63, 3.8) is 0 Å². The summed E-state index contributed by atoms with van der Waals surface area (Å²) in [4.78, 5) is 34.9. The highest BCUT2D eigenvalue weighted by atomic mass is 16.7. The van der Waals surface area contributed by atoms with E-state index in [0.717, 1.165) is 34.4 Å². The summed E-state index contributed by atoms with van der Waals surface area (Å²) in [5.74, 6) is -0.474. The molecule has 0 amide bonds. The largest absolute Gasteiger partial charge is 0.363 e. The molecule has 0 aliphatic carbocycles. The van der Waals surface area contributed by atoms with Gasteiger partial charge in [0.15, 0.2) is 5.78 Å². The number of aromatic amines is 1. The zero-order valence-electron chi connectivity index (χ0n) is 18.2. The van der Waals surface area contributed by atoms with Crippen LogP contribution >= 0.6 is 0 Å². The second-order valence-electron chi connectivity index (χ2n) is 8.29. The monoisotopic (exact) mass is 427 g/mol. The average Bonchev–Trinajstić information content (AvgIpc) is 3.52. The molecule has 0 radical (unpaired) electrons. The number of nitrogens with zero attached hydrogens (tertiary/aromatic N) is 2. The first-order valence-electron chi connectivity index (χ1n) is 10.9. The number of aromatic nitrogens is 2. The first-order valence-corrected chi connectivity index (χ1v) is 10.9. The number of benzene rings is 2. The van der Waals surface area contributed by atoms with Crippen molar-refractivity contribution in [2.75, 3.05) is 6.54 Å². The molecule has 0 spiro atoms. The van der Waals surface area contributed by atoms with Crippen LogP contribution in [0, 0.1) is 13.8 Å². The summed E-state index contributed by atoms with van der Waals surface area (Å²) in [7, 11) is 0. The minimum Gasteiger partial charge on any atom is -0.363 e. The lowest BCUT2D eigenvalue weighted by Gasteiger charge is -2.22. The lowest BCUT2D eigenvalue weighted by Crippen LogP contribution is -2.37. The molecule has 6 nitrogen and oxygen atoms in total. The van der Waals surface area contributed by atoms with Crippen molar-refractivity contribution in [2.24, 2.45) is 0 Å². The Hall–Kier alpha value is -3.64. The third-order valence-corrected chi connectivity index (χ3v) is 6.18. The van der Waals surface area contributed by atoms with E-state index in [4.69, 9.17) is 4.84 Å². The van der Waals surface area contributed by atoms with Crippen LogP contribution < -0.4 is 0 Å². The molecule has 162 valence electrons. The predicted octanol–water partition coefficient (Wildman–Crippen LogP) is 4.99. The van der Waals surface area contributed by atoms with E-state index >= 15 is 0 Å². The maximum atomic E-state index is 13.5. The van der Waals surface area contributed by atoms with Gasteiger partial charge in [-0.3, -0.25) is 4.79 Å². The zero-order valence-corrected chi connectivity index (χ0v) is 18.2. The highest BCUT2D eigenvalue weighted by Crippen LogP contribution is 2.28. The van der Waals surface area contributed by atoms with Crippen molar-refractivity contribution in [3.05, 3.63) is 89.4 Å². The number of carbonyl (C=O) groups excluding carboxylic acids is 2. The van der Waals surface area contributed by atoms with E-state index in [-0.39, 0.29) is 5.78 Å². The van der Waals surface area contributed by atoms with Gasteiger partial charge in [-0.1, -0.05) is 18.2 Å². The van der Waals surface area contributed by atoms with Crippen LogP contribution in [0.3, 0.4) is 0 Å². The van der Waals surface area contributed by atoms with Crippen LogP contribution in [0.4, 0.5) is 0 Å². The first kappa shape index (κ1) is 20.3. The van der Waals surface area contributed by atoms with Gasteiger partial charge in [0.25, 0.3) is 0 Å². The second kappa shape index (κ2) is 8.13. The summed E-state index contributed by atoms with van der Waals surface area (Å²) < 4.78 is 2.17. The standard InChI is InChI=1S/C26H25N3O3/c1-17-10-11-18(2)29(17)20-12-13-23-21(15-20)22(16-27-23)25(30)24-9-6-14-28(24)32-26(31)19-7-4-3-5-8-19/h3-5,7-8,10-13,15-16,24,27H,6,9,14H2,1-2H3. The van der Waals surface area contributed by atoms with Crippen LogP contribution in [0.15, 0.2) is 66.9 Å². The zero-order chi connectivity index (χ0) is 22.2. The molecule has 1 saturated heterocycles. The Morgan fingerprint density at radius 3 is 2.50 bits per heavy atom. The number of aryl methyl sites for hydroxylation is 2. The Bertz CT molecular complexity index is 1280. The minimum atomic E-state index is -0.486. The summed E-state index contributed by atoms with van der Waals surface area (Å²) in [5.41, 5.74) is 5.30. The third kappa shape index (κ3) is 3.52. The van der Waals surface area contributed by atoms with Crippen molar-refractivity contribution in [2.45, 2.75) is 32.7 Å². The third-order valence-electron chi connectivity index (χ3n) is 6.18. The van der Waals surface area contributed by atoms with Crippen LogP contribution in [-0.4, -0.2) is 39.0 Å². The molecule has 0 saturated carbocycles. The number of rotatable bonds is 5. The molecule has 6 heteroatoms. The van der Waals surface area contributed by atoms with Crippen molar-refractivity contribution in [1.29, 1.82) is 0 Å². The fraction of sp³-hybridized carbons (Fsp3) is 0.231. The van der Waals surface area contributed by atoms with E-state index in [1.807, 2.05) is 18.2 Å². The van der Waals surface area contributed by atoms with Gasteiger partial charge >= 0.3 is 5.97 Å². The Labute approximate surface area is 186 Å². The van der Waals surface area contributed by atoms with Crippen LogP contribution in [0.2, 0.25) is 0 Å². The molecule has 1 N–H and O–H groups in total. The summed E-state index contributed by atoms with van der Waals surface area (Å²) in [6, 6.07) is 18.6. The molecule has 1 aliphatic heterocycles. The van der Waals surface area contributed by atoms with Gasteiger partial charge in [-0.25, -0.2) is 4.79 Å². The van der Waals surface area contributed by atoms with Gasteiger partial charge in [0.05, 0.1) is 5.56 Å². The molecule has 0 bridgehead atoms. The number of H-pyrrole nitrogens is 1. The van der Waals surface area contributed by atoms with Gasteiger partial charge in [0.1, 0.15) is 6.04 Å². The van der Waals surface area contributed by atoms with Crippen LogP contribution in [-0.2, 0) is 4.84 Å². The smallest absolute Gasteiger partial charge is 0.357 e. The number of ketones is 1. The van der Waals surface area contributed by atoms with Crippen molar-refractivity contribution in [1.82, 2.24) is 14.6 Å². The molecule has 4 aromatic rings. The molecule has 2 aromatic carbocycles. The van der Waals surface area contributed by atoms with Crippen molar-refractivity contribution < 1.29 is 14.4 Å². The van der Waals surface area contributed by atoms with Gasteiger partial charge in [0.2, 0.25) is 0 Å². The van der Waals surface area contributed by atoms with Gasteiger partial charge < -0.3 is 14.4 Å². The Kier molecular flexibility index (Phi) is 5.15. The lowest BCUT2D eigenvalue weighted by molar-refractivity contribution is -0.109. The fourth-order valence-electron chi connectivity index (χ4n) is 4.55. The van der Waals surface area contributed by atoms with Gasteiger partial charge in [-0.2, -0.15) is 0 Å². The number of carbonyl (C=O) groups is 2. The SMILES string of the molecule is Cc1ccc(C)n1-c1ccc2[nH]cc(C(=O)C3CCCN3OC(=O)c3ccccc3)c2c1. The lowest BCUT2D eigenvalue weighted by atomic mass is 10.0. The molecular formula is C26H25N3O3. The van der Waals surface area contributed by atoms with E-state index in [9.17, 15) is 9.59 Å². The second-order valence-corrected chi connectivity index (χ2v) is 8.29. The van der Waals surface area contributed by atoms with Crippen molar-refractivity contribution >= 4 is 22.7 Å². The van der Waals surface area contributed by atoms with E-state index in [0.29, 0.717) is 24.1 Å². The normalized spacial score (nSPS) is 16.5. The Morgan fingerprint density at radius 1 is 1.00 bits per heavy atom. The van der Waals surface area contributed by atoms with E-state index in [1.165, 1.54) is 0 Å². The van der Waals surface area contributed by atoms with Crippen molar-refractivity contribution in [3.8, 4) is 5.69 Å². The molecule has 1 fully saturated rings. The molecule has 1 atom stereocenters. The van der Waals surface area contributed by atoms with E-state index in [1.54, 1.807) is 35.5 Å². The molecule has 1 unspecified atom stereocenters. The number of fused-ring (bicyclic) bond motifs is 1. The molecular weight excluding hydrogens is 402 g/mol. The Balaban J connectivity index is 1.44. The summed E-state index contributed by atoms with van der Waals surface area (Å²) in [6.07, 6.45) is 3.22. The summed E-state index contributed by atoms with van der Waals surface area (Å²) >= 11 is 0. The number of hydroxylamine groups is 2. The maximum Gasteiger partial charge on any atom is 0.357 e. The molecule has 2 aromatic heterocycles. The Morgan fingerprint density at radius 2 is 1.75 bits per heavy atom. The summed E-state index contributed by atoms with van der Waals surface area (Å²) in [6.45, 7) is 4.68. The van der Waals surface area contributed by atoms with Gasteiger partial charge in [0, 0.05) is 46.3 Å².